The van der Waals surface area contributed by atoms with E-state index in [1.54, 1.807) is 18.3 Å². The van der Waals surface area contributed by atoms with Gasteiger partial charge >= 0.3 is 0 Å². The van der Waals surface area contributed by atoms with Crippen molar-refractivity contribution in [2.24, 2.45) is 5.92 Å². The molecule has 7 nitrogen and oxygen atoms in total. The molecule has 33 heavy (non-hydrogen) atoms. The zero-order valence-electron chi connectivity index (χ0n) is 17.9. The van der Waals surface area contributed by atoms with Gasteiger partial charge in [-0.1, -0.05) is 6.07 Å². The minimum atomic E-state index is -0.886. The Balaban J connectivity index is 1.48. The Morgan fingerprint density at radius 2 is 1.94 bits per heavy atom. The van der Waals surface area contributed by atoms with Crippen LogP contribution in [0.5, 0.6) is 5.75 Å². The number of hydrogen-bond acceptors (Lipinski definition) is 6. The smallest absolute Gasteiger partial charge is 0.225 e. The molecule has 4 aromatic rings. The number of imidazole rings is 1. The van der Waals surface area contributed by atoms with E-state index in [1.165, 1.54) is 6.07 Å². The van der Waals surface area contributed by atoms with Crippen LogP contribution in [-0.2, 0) is 13.1 Å². The molecule has 0 bridgehead atoms. The lowest BCUT2D eigenvalue weighted by Gasteiger charge is -2.24. The van der Waals surface area contributed by atoms with Gasteiger partial charge in [0, 0.05) is 18.7 Å². The van der Waals surface area contributed by atoms with Crippen LogP contribution in [0.2, 0.25) is 0 Å². The number of aromatic hydroxyl groups is 1. The zero-order valence-corrected chi connectivity index (χ0v) is 17.9. The van der Waals surface area contributed by atoms with E-state index in [4.69, 9.17) is 9.97 Å². The van der Waals surface area contributed by atoms with Gasteiger partial charge < -0.3 is 20.3 Å². The molecule has 1 fully saturated rings. The Hall–Kier alpha value is -3.59. The first kappa shape index (κ1) is 21.3. The Morgan fingerprint density at radius 1 is 1.09 bits per heavy atom. The molecule has 3 heterocycles. The SMILES string of the molecule is Oc1ccc(-c2nc3cnc(NCc4ccc(F)c(F)c4)nc3n2C[C@@H]2CCCNC2)cc1. The van der Waals surface area contributed by atoms with Gasteiger partial charge in [0.25, 0.3) is 0 Å². The molecule has 5 rings (SSSR count). The third-order valence-corrected chi connectivity index (χ3v) is 5.89. The summed E-state index contributed by atoms with van der Waals surface area (Å²) < 4.78 is 28.8. The predicted octanol–water partition coefficient (Wildman–Crippen LogP) is 4.09. The molecule has 9 heteroatoms. The van der Waals surface area contributed by atoms with E-state index in [0.29, 0.717) is 28.6 Å². The van der Waals surface area contributed by atoms with Gasteiger partial charge in [-0.15, -0.1) is 0 Å². The summed E-state index contributed by atoms with van der Waals surface area (Å²) in [5.41, 5.74) is 2.83. The minimum Gasteiger partial charge on any atom is -0.508 e. The maximum Gasteiger partial charge on any atom is 0.225 e. The third-order valence-electron chi connectivity index (χ3n) is 5.89. The van der Waals surface area contributed by atoms with Crippen molar-refractivity contribution in [1.82, 2.24) is 24.8 Å². The lowest BCUT2D eigenvalue weighted by Crippen LogP contribution is -2.32. The second-order valence-electron chi connectivity index (χ2n) is 8.31. The molecule has 1 aliphatic rings. The molecule has 0 saturated carbocycles. The number of hydrogen-bond donors (Lipinski definition) is 3. The second-order valence-corrected chi connectivity index (χ2v) is 8.31. The van der Waals surface area contributed by atoms with Gasteiger partial charge in [0.05, 0.1) is 6.20 Å². The number of piperidine rings is 1. The monoisotopic (exact) mass is 450 g/mol. The van der Waals surface area contributed by atoms with Gasteiger partial charge in [0.15, 0.2) is 17.3 Å². The van der Waals surface area contributed by atoms with Crippen molar-refractivity contribution in [2.45, 2.75) is 25.9 Å². The topological polar surface area (TPSA) is 87.9 Å². The van der Waals surface area contributed by atoms with E-state index in [1.807, 2.05) is 12.1 Å². The van der Waals surface area contributed by atoms with Crippen molar-refractivity contribution in [3.63, 3.8) is 0 Å². The summed E-state index contributed by atoms with van der Waals surface area (Å²) in [6, 6.07) is 10.7. The Morgan fingerprint density at radius 3 is 2.70 bits per heavy atom. The quantitative estimate of drug-likeness (QED) is 0.410. The first-order chi connectivity index (χ1) is 16.1. The average Bonchev–Trinajstić information content (AvgIpc) is 3.18. The van der Waals surface area contributed by atoms with Crippen LogP contribution >= 0.6 is 0 Å². The van der Waals surface area contributed by atoms with Gasteiger partial charge in [0.1, 0.15) is 17.1 Å². The number of anilines is 1. The van der Waals surface area contributed by atoms with E-state index in [9.17, 15) is 13.9 Å². The maximum absolute atomic E-state index is 13.5. The maximum atomic E-state index is 13.5. The highest BCUT2D eigenvalue weighted by molar-refractivity contribution is 5.77. The molecular weight excluding hydrogens is 426 g/mol. The van der Waals surface area contributed by atoms with Crippen LogP contribution in [0.1, 0.15) is 18.4 Å². The molecule has 1 atom stereocenters. The summed E-state index contributed by atoms with van der Waals surface area (Å²) in [5.74, 6) is 0.0275. The highest BCUT2D eigenvalue weighted by atomic mass is 19.2. The molecule has 2 aromatic carbocycles. The zero-order chi connectivity index (χ0) is 22.8. The normalized spacial score (nSPS) is 16.2. The Labute approximate surface area is 189 Å². The molecule has 3 N–H and O–H groups in total. The van der Waals surface area contributed by atoms with Gasteiger partial charge in [0.2, 0.25) is 5.95 Å². The number of nitrogens with one attached hydrogen (secondary N) is 2. The van der Waals surface area contributed by atoms with Crippen LogP contribution in [-0.4, -0.2) is 37.7 Å². The van der Waals surface area contributed by atoms with Crippen molar-refractivity contribution in [3.05, 3.63) is 65.9 Å². The number of fused-ring (bicyclic) bond motifs is 1. The van der Waals surface area contributed by atoms with Crippen LogP contribution in [0.15, 0.2) is 48.7 Å². The lowest BCUT2D eigenvalue weighted by molar-refractivity contribution is 0.341. The van der Waals surface area contributed by atoms with Crippen molar-refractivity contribution in [3.8, 4) is 17.1 Å². The van der Waals surface area contributed by atoms with E-state index in [2.05, 4.69) is 20.2 Å². The molecule has 2 aromatic heterocycles. The first-order valence-electron chi connectivity index (χ1n) is 11.0. The molecule has 0 radical (unpaired) electrons. The van der Waals surface area contributed by atoms with Crippen molar-refractivity contribution in [1.29, 1.82) is 0 Å². The predicted molar refractivity (Wildman–Crippen MR) is 122 cm³/mol. The van der Waals surface area contributed by atoms with Crippen LogP contribution in [0.3, 0.4) is 0 Å². The fraction of sp³-hybridized carbons (Fsp3) is 0.292. The summed E-state index contributed by atoms with van der Waals surface area (Å²) >= 11 is 0. The highest BCUT2D eigenvalue weighted by Gasteiger charge is 2.20. The fourth-order valence-corrected chi connectivity index (χ4v) is 4.18. The number of aromatic nitrogens is 4. The fourth-order valence-electron chi connectivity index (χ4n) is 4.18. The molecule has 0 unspecified atom stereocenters. The first-order valence-corrected chi connectivity index (χ1v) is 11.0. The van der Waals surface area contributed by atoms with E-state index in [0.717, 1.165) is 56.0 Å². The highest BCUT2D eigenvalue weighted by Crippen LogP contribution is 2.28. The Bertz CT molecular complexity index is 1270. The van der Waals surface area contributed by atoms with Crippen molar-refractivity contribution >= 4 is 17.1 Å². The number of nitrogens with zero attached hydrogens (tertiary/aromatic N) is 4. The molecule has 1 aliphatic heterocycles. The summed E-state index contributed by atoms with van der Waals surface area (Å²) in [7, 11) is 0. The number of phenols is 1. The number of halogens is 2. The third kappa shape index (κ3) is 4.63. The van der Waals surface area contributed by atoms with E-state index in [-0.39, 0.29) is 12.3 Å². The van der Waals surface area contributed by atoms with Crippen LogP contribution in [0, 0.1) is 17.6 Å². The van der Waals surface area contributed by atoms with E-state index < -0.39 is 11.6 Å². The largest absolute Gasteiger partial charge is 0.508 e. The molecule has 0 spiro atoms. The lowest BCUT2D eigenvalue weighted by atomic mass is 9.99. The van der Waals surface area contributed by atoms with Gasteiger partial charge in [-0.2, -0.15) is 4.98 Å². The second kappa shape index (κ2) is 9.11. The summed E-state index contributed by atoms with van der Waals surface area (Å²) in [4.78, 5) is 13.8. The molecule has 170 valence electrons. The van der Waals surface area contributed by atoms with Gasteiger partial charge in [-0.3, -0.25) is 0 Å². The average molecular weight is 450 g/mol. The van der Waals surface area contributed by atoms with Crippen LogP contribution in [0.25, 0.3) is 22.6 Å². The molecule has 0 amide bonds. The summed E-state index contributed by atoms with van der Waals surface area (Å²) in [5, 5.41) is 16.2. The number of rotatable bonds is 6. The summed E-state index contributed by atoms with van der Waals surface area (Å²) in [6.45, 7) is 2.97. The van der Waals surface area contributed by atoms with Crippen molar-refractivity contribution < 1.29 is 13.9 Å². The standard InChI is InChI=1S/C24H24F2N6O/c25-19-8-3-15(10-20(19)26)12-28-24-29-13-21-23(31-24)32(14-16-2-1-9-27-11-16)22(30-21)17-4-6-18(33)7-5-17/h3-8,10,13,16,27,33H,1-2,9,11-12,14H2,(H,28,29,31)/t16-/m1/s1. The Kier molecular flexibility index (Phi) is 5.87. The van der Waals surface area contributed by atoms with Crippen molar-refractivity contribution in [2.75, 3.05) is 18.4 Å². The minimum absolute atomic E-state index is 0.196. The number of phenolic OH excluding ortho intramolecular Hbond substituents is 1. The number of benzene rings is 2. The van der Waals surface area contributed by atoms with Gasteiger partial charge in [-0.05, 0) is 73.8 Å². The molecule has 1 saturated heterocycles. The van der Waals surface area contributed by atoms with Crippen LogP contribution < -0.4 is 10.6 Å². The summed E-state index contributed by atoms with van der Waals surface area (Å²) in [6.07, 6.45) is 3.91. The molecule has 0 aliphatic carbocycles. The van der Waals surface area contributed by atoms with Crippen LogP contribution in [0.4, 0.5) is 14.7 Å². The van der Waals surface area contributed by atoms with E-state index >= 15 is 0 Å². The molecular formula is C24H24F2N6O. The van der Waals surface area contributed by atoms with Gasteiger partial charge in [-0.25, -0.2) is 18.7 Å².